The number of aromatic nitrogens is 1. The number of carbonyl (C=O) groups excluding carboxylic acids is 1. The number of rotatable bonds is 2. The lowest BCUT2D eigenvalue weighted by Gasteiger charge is -2.09. The molecule has 1 aliphatic heterocycles. The number of ketones is 1. The molecule has 0 aliphatic carbocycles. The quantitative estimate of drug-likeness (QED) is 0.733. The van der Waals surface area contributed by atoms with Gasteiger partial charge in [-0.3, -0.25) is 9.78 Å². The van der Waals surface area contributed by atoms with Gasteiger partial charge in [-0.15, -0.1) is 0 Å². The predicted molar refractivity (Wildman–Crippen MR) is 88.9 cm³/mol. The number of para-hydroxylation sites is 1. The van der Waals surface area contributed by atoms with E-state index in [9.17, 15) is 9.90 Å². The minimum atomic E-state index is -0.269. The largest absolute Gasteiger partial charge is 0.507 e. The molecule has 0 saturated carbocycles. The van der Waals surface area contributed by atoms with Crippen LogP contribution in [0.4, 0.5) is 0 Å². The maximum atomic E-state index is 12.6. The highest BCUT2D eigenvalue weighted by Gasteiger charge is 2.16. The summed E-state index contributed by atoms with van der Waals surface area (Å²) >= 11 is 0. The molecule has 0 radical (unpaired) electrons. The van der Waals surface area contributed by atoms with Gasteiger partial charge in [-0.05, 0) is 24.3 Å². The van der Waals surface area contributed by atoms with Gasteiger partial charge in [-0.2, -0.15) is 0 Å². The molecule has 24 heavy (non-hydrogen) atoms. The molecule has 1 aromatic heterocycles. The van der Waals surface area contributed by atoms with Crippen molar-refractivity contribution in [3.63, 3.8) is 0 Å². The fourth-order valence-electron chi connectivity index (χ4n) is 2.73. The van der Waals surface area contributed by atoms with Gasteiger partial charge in [0.15, 0.2) is 17.3 Å². The highest BCUT2D eigenvalue weighted by atomic mass is 16.5. The summed E-state index contributed by atoms with van der Waals surface area (Å²) < 4.78 is 11.3. The number of phenols is 1. The van der Waals surface area contributed by atoms with Crippen molar-refractivity contribution in [2.45, 2.75) is 6.42 Å². The van der Waals surface area contributed by atoms with E-state index in [0.717, 1.165) is 17.3 Å². The van der Waals surface area contributed by atoms with E-state index in [1.165, 1.54) is 12.3 Å². The zero-order chi connectivity index (χ0) is 16.5. The molecule has 4 rings (SSSR count). The van der Waals surface area contributed by atoms with E-state index in [1.807, 2.05) is 12.1 Å². The van der Waals surface area contributed by atoms with Crippen LogP contribution in [0, 0.1) is 0 Å². The zero-order valence-corrected chi connectivity index (χ0v) is 12.9. The molecular weight excluding hydrogens is 306 g/mol. The Morgan fingerprint density at radius 2 is 1.79 bits per heavy atom. The van der Waals surface area contributed by atoms with E-state index < -0.39 is 0 Å². The summed E-state index contributed by atoms with van der Waals surface area (Å²) in [4.78, 5) is 17.0. The SMILES string of the molecule is O=C(c1cnc2cc3c(cc2c1)OCCCO3)c1ccccc1O. The van der Waals surface area contributed by atoms with Gasteiger partial charge in [0.25, 0.3) is 0 Å². The number of hydrogen-bond donors (Lipinski definition) is 1. The highest BCUT2D eigenvalue weighted by molar-refractivity contribution is 6.11. The molecule has 0 spiro atoms. The van der Waals surface area contributed by atoms with Crippen LogP contribution in [-0.2, 0) is 0 Å². The Bertz CT molecular complexity index is 936. The Labute approximate surface area is 138 Å². The number of ether oxygens (including phenoxy) is 2. The maximum absolute atomic E-state index is 12.6. The molecule has 0 saturated heterocycles. The van der Waals surface area contributed by atoms with Gasteiger partial charge in [-0.25, -0.2) is 0 Å². The van der Waals surface area contributed by atoms with Crippen molar-refractivity contribution < 1.29 is 19.4 Å². The predicted octanol–water partition coefficient (Wildman–Crippen LogP) is 3.33. The fraction of sp³-hybridized carbons (Fsp3) is 0.158. The minimum absolute atomic E-state index is 0.0405. The Balaban J connectivity index is 1.78. The molecule has 0 bridgehead atoms. The topological polar surface area (TPSA) is 68.7 Å². The summed E-state index contributed by atoms with van der Waals surface area (Å²) in [5, 5.41) is 10.7. The second-order valence-electron chi connectivity index (χ2n) is 5.61. The first-order chi connectivity index (χ1) is 11.7. The lowest BCUT2D eigenvalue weighted by molar-refractivity contribution is 0.103. The second-order valence-corrected chi connectivity index (χ2v) is 5.61. The lowest BCUT2D eigenvalue weighted by atomic mass is 10.0. The van der Waals surface area contributed by atoms with Gasteiger partial charge >= 0.3 is 0 Å². The molecule has 1 aliphatic rings. The standard InChI is InChI=1S/C19H15NO4/c21-16-5-2-1-4-14(16)19(22)13-8-12-9-17-18(10-15(12)20-11-13)24-7-3-6-23-17/h1-2,4-5,8-11,21H,3,6-7H2. The average molecular weight is 321 g/mol. The number of benzene rings is 2. The Morgan fingerprint density at radius 1 is 1.04 bits per heavy atom. The number of pyridine rings is 1. The van der Waals surface area contributed by atoms with Gasteiger partial charge in [0.1, 0.15) is 5.75 Å². The molecular formula is C19H15NO4. The summed E-state index contributed by atoms with van der Waals surface area (Å²) in [5.41, 5.74) is 1.40. The van der Waals surface area contributed by atoms with Gasteiger partial charge in [-0.1, -0.05) is 12.1 Å². The normalized spacial score (nSPS) is 13.5. The molecule has 0 unspecified atom stereocenters. The fourth-order valence-corrected chi connectivity index (χ4v) is 2.73. The van der Waals surface area contributed by atoms with E-state index in [-0.39, 0.29) is 17.1 Å². The number of carbonyl (C=O) groups is 1. The van der Waals surface area contributed by atoms with E-state index >= 15 is 0 Å². The molecule has 0 atom stereocenters. The molecule has 2 aromatic carbocycles. The van der Waals surface area contributed by atoms with Crippen molar-refractivity contribution >= 4 is 16.7 Å². The Morgan fingerprint density at radius 3 is 2.58 bits per heavy atom. The van der Waals surface area contributed by atoms with Gasteiger partial charge < -0.3 is 14.6 Å². The number of phenolic OH excluding ortho intramolecular Hbond substituents is 1. The number of aromatic hydroxyl groups is 1. The first-order valence-electron chi connectivity index (χ1n) is 7.74. The molecule has 5 heteroatoms. The first-order valence-corrected chi connectivity index (χ1v) is 7.74. The van der Waals surface area contributed by atoms with E-state index in [0.29, 0.717) is 30.3 Å². The third kappa shape index (κ3) is 2.54. The highest BCUT2D eigenvalue weighted by Crippen LogP contribution is 2.34. The Kier molecular flexibility index (Phi) is 3.54. The third-order valence-electron chi connectivity index (χ3n) is 3.96. The minimum Gasteiger partial charge on any atom is -0.507 e. The molecule has 0 fully saturated rings. The molecule has 1 N–H and O–H groups in total. The summed E-state index contributed by atoms with van der Waals surface area (Å²) in [7, 11) is 0. The molecule has 0 amide bonds. The van der Waals surface area contributed by atoms with Gasteiger partial charge in [0.2, 0.25) is 0 Å². The van der Waals surface area contributed by atoms with Crippen molar-refractivity contribution in [2.75, 3.05) is 13.2 Å². The summed E-state index contributed by atoms with van der Waals surface area (Å²) in [6, 6.07) is 11.9. The van der Waals surface area contributed by atoms with Crippen molar-refractivity contribution in [3.05, 3.63) is 59.8 Å². The first kappa shape index (κ1) is 14.5. The molecule has 120 valence electrons. The Hall–Kier alpha value is -3.08. The molecule has 2 heterocycles. The van der Waals surface area contributed by atoms with Crippen LogP contribution in [0.1, 0.15) is 22.3 Å². The van der Waals surface area contributed by atoms with E-state index in [2.05, 4.69) is 4.98 Å². The summed E-state index contributed by atoms with van der Waals surface area (Å²) in [6.45, 7) is 1.21. The van der Waals surface area contributed by atoms with Gasteiger partial charge in [0.05, 0.1) is 24.3 Å². The van der Waals surface area contributed by atoms with E-state index in [4.69, 9.17) is 9.47 Å². The van der Waals surface area contributed by atoms with Crippen molar-refractivity contribution in [3.8, 4) is 17.2 Å². The number of nitrogens with zero attached hydrogens (tertiary/aromatic N) is 1. The van der Waals surface area contributed by atoms with Crippen LogP contribution in [0.25, 0.3) is 10.9 Å². The monoisotopic (exact) mass is 321 g/mol. The van der Waals surface area contributed by atoms with Crippen LogP contribution in [-0.4, -0.2) is 29.1 Å². The average Bonchev–Trinajstić information content (AvgIpc) is 2.84. The van der Waals surface area contributed by atoms with Crippen LogP contribution < -0.4 is 9.47 Å². The summed E-state index contributed by atoms with van der Waals surface area (Å²) in [5.74, 6) is 1.03. The van der Waals surface area contributed by atoms with Crippen molar-refractivity contribution in [1.29, 1.82) is 0 Å². The molecule has 5 nitrogen and oxygen atoms in total. The van der Waals surface area contributed by atoms with E-state index in [1.54, 1.807) is 24.3 Å². The van der Waals surface area contributed by atoms with Crippen LogP contribution in [0.2, 0.25) is 0 Å². The third-order valence-corrected chi connectivity index (χ3v) is 3.96. The van der Waals surface area contributed by atoms with Crippen molar-refractivity contribution in [2.24, 2.45) is 0 Å². The van der Waals surface area contributed by atoms with Crippen LogP contribution >= 0.6 is 0 Å². The second kappa shape index (κ2) is 5.85. The zero-order valence-electron chi connectivity index (χ0n) is 12.9. The van der Waals surface area contributed by atoms with Crippen LogP contribution in [0.5, 0.6) is 17.2 Å². The molecule has 3 aromatic rings. The number of fused-ring (bicyclic) bond motifs is 2. The maximum Gasteiger partial charge on any atom is 0.198 e. The van der Waals surface area contributed by atoms with Crippen LogP contribution in [0.3, 0.4) is 0 Å². The van der Waals surface area contributed by atoms with Gasteiger partial charge in [0, 0.05) is 29.6 Å². The van der Waals surface area contributed by atoms with Crippen LogP contribution in [0.15, 0.2) is 48.7 Å². The summed E-state index contributed by atoms with van der Waals surface area (Å²) in [6.07, 6.45) is 2.34. The number of hydrogen-bond acceptors (Lipinski definition) is 5. The lowest BCUT2D eigenvalue weighted by Crippen LogP contribution is -2.02. The smallest absolute Gasteiger partial charge is 0.198 e. The van der Waals surface area contributed by atoms with Crippen molar-refractivity contribution in [1.82, 2.24) is 4.98 Å².